The first-order valence-corrected chi connectivity index (χ1v) is 6.40. The van der Waals surface area contributed by atoms with Gasteiger partial charge in [0.25, 0.3) is 0 Å². The van der Waals surface area contributed by atoms with Crippen molar-refractivity contribution in [3.8, 4) is 0 Å². The van der Waals surface area contributed by atoms with Crippen molar-refractivity contribution in [2.45, 2.75) is 38.6 Å². The van der Waals surface area contributed by atoms with E-state index < -0.39 is 0 Å². The van der Waals surface area contributed by atoms with Gasteiger partial charge in [-0.3, -0.25) is 9.59 Å². The summed E-state index contributed by atoms with van der Waals surface area (Å²) in [5, 5.41) is 5.96. The maximum absolute atomic E-state index is 12.0. The van der Waals surface area contributed by atoms with E-state index in [2.05, 4.69) is 10.6 Å². The maximum Gasteiger partial charge on any atom is 0.239 e. The van der Waals surface area contributed by atoms with Gasteiger partial charge in [-0.2, -0.15) is 0 Å². The normalized spacial score (nSPS) is 19.8. The molecule has 1 aliphatic rings. The molecule has 1 atom stereocenters. The lowest BCUT2D eigenvalue weighted by atomic mass is 10.0. The van der Waals surface area contributed by atoms with Crippen LogP contribution >= 0.6 is 0 Å². The SMILES string of the molecule is CCCNC(=O)CN(C)C(=O)C1CCCCN1. The van der Waals surface area contributed by atoms with E-state index in [4.69, 9.17) is 0 Å². The highest BCUT2D eigenvalue weighted by Crippen LogP contribution is 2.08. The molecule has 0 spiro atoms. The van der Waals surface area contributed by atoms with Gasteiger partial charge in [-0.1, -0.05) is 13.3 Å². The average molecular weight is 241 g/mol. The van der Waals surface area contributed by atoms with Crippen LogP contribution in [0.3, 0.4) is 0 Å². The molecule has 0 bridgehead atoms. The molecule has 5 heteroatoms. The van der Waals surface area contributed by atoms with E-state index in [1.54, 1.807) is 7.05 Å². The topological polar surface area (TPSA) is 61.4 Å². The number of likely N-dealkylation sites (N-methyl/N-ethyl adjacent to an activating group) is 1. The number of amides is 2. The van der Waals surface area contributed by atoms with Crippen molar-refractivity contribution in [2.24, 2.45) is 0 Å². The standard InChI is InChI=1S/C12H23N3O2/c1-3-7-14-11(16)9-15(2)12(17)10-6-4-5-8-13-10/h10,13H,3-9H2,1-2H3,(H,14,16). The van der Waals surface area contributed by atoms with Crippen LogP contribution in [0, 0.1) is 0 Å². The zero-order valence-corrected chi connectivity index (χ0v) is 10.8. The third-order valence-corrected chi connectivity index (χ3v) is 2.94. The van der Waals surface area contributed by atoms with Crippen LogP contribution in [0.25, 0.3) is 0 Å². The van der Waals surface area contributed by atoms with Crippen molar-refractivity contribution in [1.82, 2.24) is 15.5 Å². The number of carbonyl (C=O) groups excluding carboxylic acids is 2. The number of nitrogens with zero attached hydrogens (tertiary/aromatic N) is 1. The molecule has 1 unspecified atom stereocenters. The highest BCUT2D eigenvalue weighted by molar-refractivity contribution is 5.87. The Kier molecular flexibility index (Phi) is 5.97. The molecule has 0 aromatic rings. The van der Waals surface area contributed by atoms with E-state index in [0.29, 0.717) is 6.54 Å². The molecule has 0 radical (unpaired) electrons. The molecule has 1 saturated heterocycles. The van der Waals surface area contributed by atoms with Gasteiger partial charge < -0.3 is 15.5 Å². The van der Waals surface area contributed by atoms with Gasteiger partial charge in [0.2, 0.25) is 11.8 Å². The van der Waals surface area contributed by atoms with E-state index in [9.17, 15) is 9.59 Å². The van der Waals surface area contributed by atoms with Crippen molar-refractivity contribution in [3.05, 3.63) is 0 Å². The molecule has 5 nitrogen and oxygen atoms in total. The molecule has 17 heavy (non-hydrogen) atoms. The van der Waals surface area contributed by atoms with Crippen molar-refractivity contribution < 1.29 is 9.59 Å². The van der Waals surface area contributed by atoms with Gasteiger partial charge in [-0.15, -0.1) is 0 Å². The minimum Gasteiger partial charge on any atom is -0.355 e. The van der Waals surface area contributed by atoms with Crippen molar-refractivity contribution in [1.29, 1.82) is 0 Å². The largest absolute Gasteiger partial charge is 0.355 e. The molecule has 0 aromatic carbocycles. The summed E-state index contributed by atoms with van der Waals surface area (Å²) in [4.78, 5) is 25.0. The summed E-state index contributed by atoms with van der Waals surface area (Å²) in [6.07, 6.45) is 4.00. The Hall–Kier alpha value is -1.10. The van der Waals surface area contributed by atoms with Crippen LogP contribution in [0.5, 0.6) is 0 Å². The lowest BCUT2D eigenvalue weighted by Crippen LogP contribution is -2.49. The smallest absolute Gasteiger partial charge is 0.239 e. The average Bonchev–Trinajstić information content (AvgIpc) is 2.36. The second kappa shape index (κ2) is 7.27. The summed E-state index contributed by atoms with van der Waals surface area (Å²) >= 11 is 0. The zero-order valence-electron chi connectivity index (χ0n) is 10.8. The zero-order chi connectivity index (χ0) is 12.7. The quantitative estimate of drug-likeness (QED) is 0.718. The van der Waals surface area contributed by atoms with Crippen LogP contribution in [0.15, 0.2) is 0 Å². The third kappa shape index (κ3) is 4.73. The van der Waals surface area contributed by atoms with Gasteiger partial charge in [0, 0.05) is 13.6 Å². The Morgan fingerprint density at radius 1 is 1.41 bits per heavy atom. The van der Waals surface area contributed by atoms with Gasteiger partial charge in [-0.05, 0) is 25.8 Å². The predicted octanol–water partition coefficient (Wildman–Crippen LogP) is 0.113. The van der Waals surface area contributed by atoms with Crippen molar-refractivity contribution in [3.63, 3.8) is 0 Å². The van der Waals surface area contributed by atoms with E-state index >= 15 is 0 Å². The Morgan fingerprint density at radius 2 is 2.18 bits per heavy atom. The summed E-state index contributed by atoms with van der Waals surface area (Å²) in [5.74, 6) is -0.0603. The Bertz CT molecular complexity index is 262. The summed E-state index contributed by atoms with van der Waals surface area (Å²) < 4.78 is 0. The third-order valence-electron chi connectivity index (χ3n) is 2.94. The van der Waals surface area contributed by atoms with Gasteiger partial charge >= 0.3 is 0 Å². The minimum atomic E-state index is -0.104. The lowest BCUT2D eigenvalue weighted by molar-refractivity contribution is -0.136. The fraction of sp³-hybridized carbons (Fsp3) is 0.833. The summed E-state index contributed by atoms with van der Waals surface area (Å²) in [5.41, 5.74) is 0. The first-order valence-electron chi connectivity index (χ1n) is 6.40. The Labute approximate surface area is 103 Å². The highest BCUT2D eigenvalue weighted by Gasteiger charge is 2.24. The van der Waals surface area contributed by atoms with Gasteiger partial charge in [-0.25, -0.2) is 0 Å². The highest BCUT2D eigenvalue weighted by atomic mass is 16.2. The van der Waals surface area contributed by atoms with Crippen molar-refractivity contribution in [2.75, 3.05) is 26.7 Å². The number of hydrogen-bond acceptors (Lipinski definition) is 3. The van der Waals surface area contributed by atoms with Gasteiger partial charge in [0.05, 0.1) is 12.6 Å². The first kappa shape index (κ1) is 14.0. The van der Waals surface area contributed by atoms with Crippen LogP contribution in [0.2, 0.25) is 0 Å². The molecule has 2 amide bonds. The van der Waals surface area contributed by atoms with E-state index in [1.165, 1.54) is 4.90 Å². The molecule has 1 heterocycles. The number of piperidine rings is 1. The minimum absolute atomic E-state index is 0.0244. The maximum atomic E-state index is 12.0. The Morgan fingerprint density at radius 3 is 2.76 bits per heavy atom. The Balaban J connectivity index is 2.32. The molecule has 0 aliphatic carbocycles. The van der Waals surface area contributed by atoms with Crippen LogP contribution in [-0.4, -0.2) is 49.4 Å². The number of carbonyl (C=O) groups is 2. The lowest BCUT2D eigenvalue weighted by Gasteiger charge is -2.27. The predicted molar refractivity (Wildman–Crippen MR) is 66.6 cm³/mol. The molecule has 2 N–H and O–H groups in total. The molecular weight excluding hydrogens is 218 g/mol. The monoisotopic (exact) mass is 241 g/mol. The molecule has 0 saturated carbocycles. The molecule has 1 rings (SSSR count). The number of hydrogen-bond donors (Lipinski definition) is 2. The van der Waals surface area contributed by atoms with Gasteiger partial charge in [0.1, 0.15) is 0 Å². The summed E-state index contributed by atoms with van der Waals surface area (Å²) in [6, 6.07) is -0.104. The first-order chi connectivity index (χ1) is 8.15. The van der Waals surface area contributed by atoms with Crippen LogP contribution in [-0.2, 0) is 9.59 Å². The van der Waals surface area contributed by atoms with Crippen LogP contribution < -0.4 is 10.6 Å². The number of rotatable bonds is 5. The summed E-state index contributed by atoms with van der Waals surface area (Å²) in [7, 11) is 1.68. The van der Waals surface area contributed by atoms with Crippen LogP contribution in [0.1, 0.15) is 32.6 Å². The van der Waals surface area contributed by atoms with Crippen molar-refractivity contribution >= 4 is 11.8 Å². The molecule has 1 aliphatic heterocycles. The van der Waals surface area contributed by atoms with Crippen LogP contribution in [0.4, 0.5) is 0 Å². The molecular formula is C12H23N3O2. The van der Waals surface area contributed by atoms with E-state index in [-0.39, 0.29) is 24.4 Å². The van der Waals surface area contributed by atoms with E-state index in [0.717, 1.165) is 32.2 Å². The fourth-order valence-electron chi connectivity index (χ4n) is 1.94. The molecule has 1 fully saturated rings. The fourth-order valence-corrected chi connectivity index (χ4v) is 1.94. The second-order valence-electron chi connectivity index (χ2n) is 4.55. The molecule has 98 valence electrons. The second-order valence-corrected chi connectivity index (χ2v) is 4.55. The van der Waals surface area contributed by atoms with Gasteiger partial charge in [0.15, 0.2) is 0 Å². The van der Waals surface area contributed by atoms with E-state index in [1.807, 2.05) is 6.92 Å². The summed E-state index contributed by atoms with van der Waals surface area (Å²) in [6.45, 7) is 3.72. The molecule has 0 aromatic heterocycles. The number of nitrogens with one attached hydrogen (secondary N) is 2.